The van der Waals surface area contributed by atoms with Crippen LogP contribution < -0.4 is 5.32 Å². The van der Waals surface area contributed by atoms with Crippen LogP contribution in [0.3, 0.4) is 0 Å². The summed E-state index contributed by atoms with van der Waals surface area (Å²) in [7, 11) is 0. The Hall–Kier alpha value is -2.52. The van der Waals surface area contributed by atoms with Crippen LogP contribution in [0.2, 0.25) is 5.02 Å². The van der Waals surface area contributed by atoms with Crippen molar-refractivity contribution in [3.05, 3.63) is 40.6 Å². The Morgan fingerprint density at radius 2 is 2.14 bits per heavy atom. The first kappa shape index (κ1) is 18.5. The number of fused-ring (bicyclic) bond motifs is 3. The van der Waals surface area contributed by atoms with Crippen molar-refractivity contribution in [2.75, 3.05) is 0 Å². The minimum absolute atomic E-state index is 0.205. The molecule has 1 aromatic carbocycles. The van der Waals surface area contributed by atoms with Crippen LogP contribution in [0.15, 0.2) is 28.8 Å². The fourth-order valence-corrected chi connectivity index (χ4v) is 6.55. The van der Waals surface area contributed by atoms with Gasteiger partial charge in [-0.25, -0.2) is 4.79 Å². The number of aromatic nitrogens is 1. The molecule has 2 saturated heterocycles. The third-order valence-corrected chi connectivity index (χ3v) is 8.09. The number of aliphatic carboxylic acids is 1. The second-order valence-corrected chi connectivity index (χ2v) is 9.71. The number of nitrogens with zero attached hydrogens (tertiary/aromatic N) is 2. The first-order valence-corrected chi connectivity index (χ1v) is 10.2. The molecule has 0 spiro atoms. The molecule has 2 amide bonds. The molecule has 8 nitrogen and oxygen atoms in total. The van der Waals surface area contributed by atoms with E-state index in [-0.39, 0.29) is 11.5 Å². The first-order valence-electron chi connectivity index (χ1n) is 8.98. The van der Waals surface area contributed by atoms with Gasteiger partial charge in [0.2, 0.25) is 5.91 Å². The predicted octanol–water partition coefficient (Wildman–Crippen LogP) is 2.30. The van der Waals surface area contributed by atoms with Crippen LogP contribution in [0.5, 0.6) is 0 Å². The van der Waals surface area contributed by atoms with Gasteiger partial charge in [-0.2, -0.15) is 0 Å². The summed E-state index contributed by atoms with van der Waals surface area (Å²) in [5.74, 6) is -1.58. The topological polar surface area (TPSA) is 113 Å². The highest BCUT2D eigenvalue weighted by molar-refractivity contribution is 8.02. The molecule has 1 aromatic heterocycles. The largest absolute Gasteiger partial charge is 0.479 e. The minimum Gasteiger partial charge on any atom is -0.479 e. The first-order chi connectivity index (χ1) is 13.7. The van der Waals surface area contributed by atoms with E-state index in [9.17, 15) is 19.5 Å². The average molecular weight is 434 g/mol. The summed E-state index contributed by atoms with van der Waals surface area (Å²) >= 11 is 7.66. The van der Waals surface area contributed by atoms with Crippen LogP contribution in [0, 0.1) is 6.92 Å². The third kappa shape index (κ3) is 2.22. The molecular formula is C19H16ClN3O5S. The predicted molar refractivity (Wildman–Crippen MR) is 105 cm³/mol. The molecule has 2 aliphatic heterocycles. The maximum atomic E-state index is 13.0. The fraction of sp³-hybridized carbons (Fsp3) is 0.368. The van der Waals surface area contributed by atoms with Crippen molar-refractivity contribution in [2.24, 2.45) is 0 Å². The van der Waals surface area contributed by atoms with Gasteiger partial charge in [-0.15, -0.1) is 11.8 Å². The van der Waals surface area contributed by atoms with Crippen LogP contribution in [-0.4, -0.2) is 54.6 Å². The van der Waals surface area contributed by atoms with Crippen LogP contribution in [-0.2, 0) is 9.59 Å². The number of aryl methyl sites for hydroxylation is 1. The Labute approximate surface area is 174 Å². The minimum atomic E-state index is -1.16. The van der Waals surface area contributed by atoms with Crippen molar-refractivity contribution in [1.82, 2.24) is 15.4 Å². The van der Waals surface area contributed by atoms with Gasteiger partial charge in [0.05, 0.1) is 9.77 Å². The van der Waals surface area contributed by atoms with Gasteiger partial charge in [-0.05, 0) is 19.9 Å². The van der Waals surface area contributed by atoms with Gasteiger partial charge in [0.25, 0.3) is 5.91 Å². The summed E-state index contributed by atoms with van der Waals surface area (Å²) in [6, 6.07) is 6.16. The summed E-state index contributed by atoms with van der Waals surface area (Å²) in [4.78, 5) is 38.9. The molecule has 0 radical (unpaired) electrons. The average Bonchev–Trinajstić information content (AvgIpc) is 2.99. The number of halogens is 1. The molecule has 1 aliphatic carbocycles. The van der Waals surface area contributed by atoms with E-state index in [1.165, 1.54) is 16.7 Å². The van der Waals surface area contributed by atoms with Crippen molar-refractivity contribution in [3.63, 3.8) is 0 Å². The van der Waals surface area contributed by atoms with Gasteiger partial charge in [0.1, 0.15) is 28.4 Å². The summed E-state index contributed by atoms with van der Waals surface area (Å²) in [6.07, 6.45) is 0.421. The highest BCUT2D eigenvalue weighted by atomic mass is 35.5. The number of nitrogens with one attached hydrogen (secondary N) is 1. The third-order valence-electron chi connectivity index (χ3n) is 6.04. The normalized spacial score (nSPS) is 31.7. The lowest BCUT2D eigenvalue weighted by Crippen LogP contribution is -2.72. The number of carboxylic acid groups (broad SMARTS) is 1. The molecule has 3 unspecified atom stereocenters. The van der Waals surface area contributed by atoms with Gasteiger partial charge in [-0.1, -0.05) is 35.0 Å². The molecule has 0 bridgehead atoms. The highest BCUT2D eigenvalue weighted by Gasteiger charge is 2.85. The van der Waals surface area contributed by atoms with Crippen LogP contribution in [0.25, 0.3) is 11.3 Å². The van der Waals surface area contributed by atoms with Crippen LogP contribution in [0.1, 0.15) is 29.5 Å². The van der Waals surface area contributed by atoms with Crippen molar-refractivity contribution in [3.8, 4) is 11.3 Å². The molecule has 29 heavy (non-hydrogen) atoms. The van der Waals surface area contributed by atoms with E-state index in [2.05, 4.69) is 10.5 Å². The number of hydrogen-bond donors (Lipinski definition) is 2. The smallest absolute Gasteiger partial charge is 0.331 e. The van der Waals surface area contributed by atoms with Gasteiger partial charge in [0.15, 0.2) is 5.54 Å². The number of thioether (sulfide) groups is 1. The molecule has 10 heteroatoms. The lowest BCUT2D eigenvalue weighted by molar-refractivity contribution is -0.162. The SMILES string of the molecule is Cc1onc(-c2ccccc2Cl)c1C(=O)NC1C(=O)N2[C@H]1SC1(C)CC21C(=O)O. The van der Waals surface area contributed by atoms with Gasteiger partial charge in [0, 0.05) is 12.0 Å². The van der Waals surface area contributed by atoms with E-state index in [1.807, 2.05) is 6.92 Å². The van der Waals surface area contributed by atoms with Crippen molar-refractivity contribution >= 4 is 41.1 Å². The van der Waals surface area contributed by atoms with Gasteiger partial charge >= 0.3 is 5.97 Å². The quantitative estimate of drug-likeness (QED) is 0.711. The maximum absolute atomic E-state index is 13.0. The van der Waals surface area contributed by atoms with E-state index in [4.69, 9.17) is 16.1 Å². The zero-order valence-electron chi connectivity index (χ0n) is 15.4. The Morgan fingerprint density at radius 1 is 1.41 bits per heavy atom. The zero-order chi connectivity index (χ0) is 20.7. The molecule has 3 aliphatic rings. The van der Waals surface area contributed by atoms with Crippen LogP contribution in [0.4, 0.5) is 0 Å². The summed E-state index contributed by atoms with van der Waals surface area (Å²) in [6.45, 7) is 3.45. The van der Waals surface area contributed by atoms with E-state index in [0.29, 0.717) is 28.5 Å². The lowest BCUT2D eigenvalue weighted by Gasteiger charge is -2.45. The number of hydrogen-bond acceptors (Lipinski definition) is 6. The Morgan fingerprint density at radius 3 is 2.83 bits per heavy atom. The molecule has 2 N–H and O–H groups in total. The highest BCUT2D eigenvalue weighted by Crippen LogP contribution is 2.71. The van der Waals surface area contributed by atoms with Gasteiger partial charge < -0.3 is 19.8 Å². The fourth-order valence-electron chi connectivity index (χ4n) is 4.41. The van der Waals surface area contributed by atoms with Crippen molar-refractivity contribution < 1.29 is 24.0 Å². The standard InChI is InChI=1S/C19H16ClN3O5S/c1-8-11(12(22-28-8)9-5-3-4-6-10(9)20)14(24)21-13-15(25)23-16(13)29-18(2)7-19(18,23)17(26)27/h3-6,13,16H,7H2,1-2H3,(H,21,24)(H,26,27)/t13?,16-,18?,19?/m0/s1. The van der Waals surface area contributed by atoms with Crippen molar-refractivity contribution in [1.29, 1.82) is 0 Å². The second-order valence-electron chi connectivity index (χ2n) is 7.68. The number of β-lactam (4-membered cyclic amide) rings is 1. The number of carboxylic acids is 1. The summed E-state index contributed by atoms with van der Waals surface area (Å²) < 4.78 is 4.69. The molecule has 5 rings (SSSR count). The molecular weight excluding hydrogens is 418 g/mol. The molecule has 1 saturated carbocycles. The van der Waals surface area contributed by atoms with Crippen LogP contribution >= 0.6 is 23.4 Å². The summed E-state index contributed by atoms with van der Waals surface area (Å²) in [5.41, 5.74) is -0.107. The number of amides is 2. The maximum Gasteiger partial charge on any atom is 0.331 e. The van der Waals surface area contributed by atoms with E-state index in [0.717, 1.165) is 0 Å². The molecule has 3 fully saturated rings. The Balaban J connectivity index is 1.41. The molecule has 4 atom stereocenters. The molecule has 150 valence electrons. The number of carbonyl (C=O) groups excluding carboxylic acids is 2. The Kier molecular flexibility index (Phi) is 3.68. The lowest BCUT2D eigenvalue weighted by atomic mass is 9.99. The molecule has 3 heterocycles. The van der Waals surface area contributed by atoms with Gasteiger partial charge in [-0.3, -0.25) is 9.59 Å². The summed E-state index contributed by atoms with van der Waals surface area (Å²) in [5, 5.41) is 16.4. The molecule has 2 aromatic rings. The van der Waals surface area contributed by atoms with Crippen molar-refractivity contribution in [2.45, 2.75) is 42.0 Å². The monoisotopic (exact) mass is 433 g/mol. The van der Waals surface area contributed by atoms with E-state index >= 15 is 0 Å². The van der Waals surface area contributed by atoms with E-state index in [1.54, 1.807) is 31.2 Å². The second kappa shape index (κ2) is 5.76. The number of rotatable bonds is 4. The van der Waals surface area contributed by atoms with E-state index < -0.39 is 33.6 Å². The number of benzene rings is 1. The Bertz CT molecular complexity index is 1100. The number of carbonyl (C=O) groups is 3. The zero-order valence-corrected chi connectivity index (χ0v) is 17.0.